The van der Waals surface area contributed by atoms with Gasteiger partial charge in [-0.05, 0) is 123 Å². The van der Waals surface area contributed by atoms with Crippen molar-refractivity contribution in [3.05, 3.63) is 5.82 Å². The zero-order chi connectivity index (χ0) is 24.1. The largest absolute Gasteiger partial charge is 0.390 e. The molecule has 0 aromatic carbocycles. The summed E-state index contributed by atoms with van der Waals surface area (Å²) in [6.07, 6.45) is 13.2. The van der Waals surface area contributed by atoms with Crippen molar-refractivity contribution in [2.75, 3.05) is 13.7 Å². The Balaban J connectivity index is 1.35. The van der Waals surface area contributed by atoms with Crippen molar-refractivity contribution in [1.29, 1.82) is 0 Å². The molecule has 34 heavy (non-hydrogen) atoms. The Labute approximate surface area is 206 Å². The normalized spacial score (nSPS) is 44.8. The highest BCUT2D eigenvalue weighted by molar-refractivity contribution is 5.12. The first kappa shape index (κ1) is 24.7. The highest BCUT2D eigenvalue weighted by Crippen LogP contribution is 2.69. The highest BCUT2D eigenvalue weighted by Gasteiger charge is 2.63. The first-order valence-electron chi connectivity index (χ1n) is 14.2. The number of hydrogen-bond acceptors (Lipinski definition) is 5. The fraction of sp³-hybridized carbons (Fsp3) is 0.964. The van der Waals surface area contributed by atoms with Crippen LogP contribution in [0.4, 0.5) is 0 Å². The Kier molecular flexibility index (Phi) is 6.63. The summed E-state index contributed by atoms with van der Waals surface area (Å²) in [5.41, 5.74) is 0.272. The minimum Gasteiger partial charge on any atom is -0.390 e. The molecule has 4 aliphatic carbocycles. The van der Waals surface area contributed by atoms with Crippen LogP contribution in [0.15, 0.2) is 0 Å². The third-order valence-corrected chi connectivity index (χ3v) is 11.4. The average Bonchev–Trinajstić information content (AvgIpc) is 3.36. The van der Waals surface area contributed by atoms with Gasteiger partial charge in [-0.3, -0.25) is 0 Å². The number of methoxy groups -OCH3 is 1. The van der Waals surface area contributed by atoms with Gasteiger partial charge in [-0.2, -0.15) is 4.80 Å². The summed E-state index contributed by atoms with van der Waals surface area (Å²) in [4.78, 5) is 1.82. The molecular formula is C28H48N4O2. The molecule has 0 spiro atoms. The fourth-order valence-corrected chi connectivity index (χ4v) is 10.1. The van der Waals surface area contributed by atoms with Gasteiger partial charge in [-0.25, -0.2) is 0 Å². The Bertz CT molecular complexity index is 859. The summed E-state index contributed by atoms with van der Waals surface area (Å²) < 4.78 is 5.98. The maximum Gasteiger partial charge on any atom is 0.171 e. The molecule has 9 atom stereocenters. The second kappa shape index (κ2) is 9.14. The van der Waals surface area contributed by atoms with E-state index in [9.17, 15) is 5.11 Å². The van der Waals surface area contributed by atoms with E-state index in [4.69, 9.17) is 4.74 Å². The minimum atomic E-state index is -0.436. The van der Waals surface area contributed by atoms with Gasteiger partial charge in [0, 0.05) is 7.11 Å². The Morgan fingerprint density at radius 1 is 1.12 bits per heavy atom. The van der Waals surface area contributed by atoms with E-state index in [2.05, 4.69) is 36.2 Å². The molecular weight excluding hydrogens is 424 g/mol. The number of nitrogens with zero attached hydrogens (tertiary/aromatic N) is 4. The fourth-order valence-electron chi connectivity index (χ4n) is 10.1. The molecule has 0 aliphatic heterocycles. The minimum absolute atomic E-state index is 0.283. The quantitative estimate of drug-likeness (QED) is 0.572. The van der Waals surface area contributed by atoms with E-state index in [1.165, 1.54) is 38.5 Å². The third-order valence-electron chi connectivity index (χ3n) is 11.4. The SMILES string of the molecule is CCC[C@@]1(O)CC[C@@]2(COC)[C@H](CC[C@H]3[C@@H]4CC[C@H]([C@@H](C)Cn5nnc(C)n5)[C@@]4(C)CC[C@@H]32)C1. The van der Waals surface area contributed by atoms with Crippen LogP contribution in [-0.4, -0.2) is 44.6 Å². The molecule has 6 nitrogen and oxygen atoms in total. The van der Waals surface area contributed by atoms with E-state index in [0.717, 1.165) is 74.8 Å². The van der Waals surface area contributed by atoms with Crippen LogP contribution in [0.2, 0.25) is 0 Å². The van der Waals surface area contributed by atoms with Gasteiger partial charge in [-0.15, -0.1) is 10.2 Å². The van der Waals surface area contributed by atoms with E-state index in [1.807, 2.05) is 18.8 Å². The summed E-state index contributed by atoms with van der Waals surface area (Å²) >= 11 is 0. The van der Waals surface area contributed by atoms with E-state index >= 15 is 0 Å². The number of rotatable bonds is 7. The van der Waals surface area contributed by atoms with Crippen LogP contribution in [0.3, 0.4) is 0 Å². The summed E-state index contributed by atoms with van der Waals surface area (Å²) in [6.45, 7) is 10.9. The molecule has 6 heteroatoms. The van der Waals surface area contributed by atoms with Crippen molar-refractivity contribution in [3.63, 3.8) is 0 Å². The van der Waals surface area contributed by atoms with Crippen molar-refractivity contribution in [2.45, 2.75) is 110 Å². The smallest absolute Gasteiger partial charge is 0.171 e. The second-order valence-electron chi connectivity index (χ2n) is 13.1. The average molecular weight is 473 g/mol. The first-order valence-corrected chi connectivity index (χ1v) is 14.2. The number of aryl methyl sites for hydroxylation is 1. The Morgan fingerprint density at radius 2 is 1.94 bits per heavy atom. The molecule has 0 unspecified atom stereocenters. The van der Waals surface area contributed by atoms with E-state index in [-0.39, 0.29) is 5.41 Å². The molecule has 0 saturated heterocycles. The molecule has 1 heterocycles. The molecule has 192 valence electrons. The second-order valence-corrected chi connectivity index (χ2v) is 13.1. The maximum absolute atomic E-state index is 11.3. The predicted molar refractivity (Wildman–Crippen MR) is 133 cm³/mol. The summed E-state index contributed by atoms with van der Waals surface area (Å²) in [7, 11) is 1.91. The van der Waals surface area contributed by atoms with Gasteiger partial charge >= 0.3 is 0 Å². The number of aliphatic hydroxyl groups is 1. The molecule has 0 amide bonds. The summed E-state index contributed by atoms with van der Waals surface area (Å²) in [5.74, 6) is 5.12. The number of hydrogen-bond donors (Lipinski definition) is 1. The lowest BCUT2D eigenvalue weighted by Crippen LogP contribution is -2.58. The zero-order valence-corrected chi connectivity index (χ0v) is 22.3. The molecule has 1 aromatic rings. The molecule has 0 radical (unpaired) electrons. The monoisotopic (exact) mass is 472 g/mol. The molecule has 0 bridgehead atoms. The van der Waals surface area contributed by atoms with E-state index in [0.29, 0.717) is 17.3 Å². The predicted octanol–water partition coefficient (Wildman–Crippen LogP) is 5.43. The summed E-state index contributed by atoms with van der Waals surface area (Å²) in [5, 5.41) is 24.2. The lowest BCUT2D eigenvalue weighted by molar-refractivity contribution is -0.180. The van der Waals surface area contributed by atoms with Crippen LogP contribution in [-0.2, 0) is 11.3 Å². The number of tetrazole rings is 1. The van der Waals surface area contributed by atoms with Crippen LogP contribution in [0.1, 0.15) is 97.2 Å². The van der Waals surface area contributed by atoms with Crippen molar-refractivity contribution < 1.29 is 9.84 Å². The van der Waals surface area contributed by atoms with Gasteiger partial charge in [0.05, 0.1) is 18.8 Å². The Hall–Kier alpha value is -1.01. The van der Waals surface area contributed by atoms with Crippen LogP contribution in [0, 0.1) is 53.3 Å². The van der Waals surface area contributed by atoms with Crippen molar-refractivity contribution >= 4 is 0 Å². The standard InChI is InChI=1S/C28H48N4O2/c1-6-12-27(33)14-15-28(18-34-5)21(16-27)7-8-22-24-10-9-23(26(24,4)13-11-25(22)28)19(2)17-32-30-20(3)29-31-32/h19,21-25,33H,6-18H2,1-5H3/t19-,21+,22-,23+,24-,25-,26+,27+,28+/m0/s1. The van der Waals surface area contributed by atoms with Crippen molar-refractivity contribution in [2.24, 2.45) is 46.3 Å². The topological polar surface area (TPSA) is 73.1 Å². The van der Waals surface area contributed by atoms with Gasteiger partial charge in [0.1, 0.15) is 0 Å². The molecule has 4 saturated carbocycles. The number of fused-ring (bicyclic) bond motifs is 5. The third kappa shape index (κ3) is 3.95. The number of aromatic nitrogens is 4. The van der Waals surface area contributed by atoms with Gasteiger partial charge in [0.25, 0.3) is 0 Å². The van der Waals surface area contributed by atoms with E-state index < -0.39 is 5.60 Å². The van der Waals surface area contributed by atoms with Gasteiger partial charge in [0.15, 0.2) is 5.82 Å². The highest BCUT2D eigenvalue weighted by atomic mass is 16.5. The lowest BCUT2D eigenvalue weighted by atomic mass is 9.43. The molecule has 1 N–H and O–H groups in total. The zero-order valence-electron chi connectivity index (χ0n) is 22.3. The van der Waals surface area contributed by atoms with Crippen molar-refractivity contribution in [3.8, 4) is 0 Å². The Morgan fingerprint density at radius 3 is 2.65 bits per heavy atom. The van der Waals surface area contributed by atoms with Crippen LogP contribution >= 0.6 is 0 Å². The van der Waals surface area contributed by atoms with Gasteiger partial charge in [0.2, 0.25) is 0 Å². The van der Waals surface area contributed by atoms with Crippen LogP contribution < -0.4 is 0 Å². The molecule has 5 rings (SSSR count). The number of ether oxygens (including phenoxy) is 1. The van der Waals surface area contributed by atoms with Gasteiger partial charge in [-0.1, -0.05) is 27.2 Å². The molecule has 4 aliphatic rings. The van der Waals surface area contributed by atoms with Crippen LogP contribution in [0.5, 0.6) is 0 Å². The van der Waals surface area contributed by atoms with Crippen LogP contribution in [0.25, 0.3) is 0 Å². The molecule has 4 fully saturated rings. The van der Waals surface area contributed by atoms with Gasteiger partial charge < -0.3 is 9.84 Å². The maximum atomic E-state index is 11.3. The first-order chi connectivity index (χ1) is 16.2. The van der Waals surface area contributed by atoms with E-state index in [1.54, 1.807) is 0 Å². The molecule has 1 aromatic heterocycles. The lowest BCUT2D eigenvalue weighted by Gasteiger charge is -2.63. The summed E-state index contributed by atoms with van der Waals surface area (Å²) in [6, 6.07) is 0. The van der Waals surface area contributed by atoms with Crippen molar-refractivity contribution in [1.82, 2.24) is 20.2 Å².